The molecule has 0 spiro atoms. The number of hydrogen-bond donors (Lipinski definition) is 2. The average Bonchev–Trinajstić information content (AvgIpc) is 2.39. The zero-order valence-electron chi connectivity index (χ0n) is 10.6. The van der Waals surface area contributed by atoms with Gasteiger partial charge in [-0.1, -0.05) is 12.8 Å². The molecular weight excluding hydrogens is 359 g/mol. The van der Waals surface area contributed by atoms with Gasteiger partial charge < -0.3 is 10.1 Å². The summed E-state index contributed by atoms with van der Waals surface area (Å²) >= 11 is 6.38. The Hall–Kier alpha value is -0.0100. The molecule has 0 saturated carbocycles. The Balaban J connectivity index is 1.91. The summed E-state index contributed by atoms with van der Waals surface area (Å²) in [5.41, 5.74) is 0. The van der Waals surface area contributed by atoms with Crippen molar-refractivity contribution in [2.75, 3.05) is 25.4 Å². The predicted molar refractivity (Wildman–Crippen MR) is 87.6 cm³/mol. The third-order valence-electron chi connectivity index (χ3n) is 2.49. The SMILES string of the molecule is SCCNCCCCCCOc1ccc(I)cn1. The van der Waals surface area contributed by atoms with Crippen molar-refractivity contribution in [3.63, 3.8) is 0 Å². The summed E-state index contributed by atoms with van der Waals surface area (Å²) in [5.74, 6) is 1.64. The molecule has 3 nitrogen and oxygen atoms in total. The lowest BCUT2D eigenvalue weighted by Crippen LogP contribution is -2.17. The van der Waals surface area contributed by atoms with E-state index < -0.39 is 0 Å². The van der Waals surface area contributed by atoms with E-state index in [1.54, 1.807) is 0 Å². The summed E-state index contributed by atoms with van der Waals surface area (Å²) < 4.78 is 6.70. The number of aromatic nitrogens is 1. The van der Waals surface area contributed by atoms with Crippen LogP contribution in [0.2, 0.25) is 0 Å². The highest BCUT2D eigenvalue weighted by Gasteiger charge is 1.95. The predicted octanol–water partition coefficient (Wildman–Crippen LogP) is 3.14. The van der Waals surface area contributed by atoms with Crippen LogP contribution in [-0.2, 0) is 0 Å². The lowest BCUT2D eigenvalue weighted by atomic mass is 10.2. The molecule has 0 aromatic carbocycles. The van der Waals surface area contributed by atoms with Gasteiger partial charge in [0.15, 0.2) is 0 Å². The van der Waals surface area contributed by atoms with E-state index in [4.69, 9.17) is 4.74 Å². The summed E-state index contributed by atoms with van der Waals surface area (Å²) in [6, 6.07) is 3.93. The molecule has 0 atom stereocenters. The van der Waals surface area contributed by atoms with Crippen LogP contribution in [0.5, 0.6) is 5.88 Å². The Morgan fingerprint density at radius 1 is 1.17 bits per heavy atom. The molecule has 1 N–H and O–H groups in total. The molecule has 0 fully saturated rings. The Labute approximate surface area is 129 Å². The fraction of sp³-hybridized carbons (Fsp3) is 0.615. The number of pyridine rings is 1. The highest BCUT2D eigenvalue weighted by atomic mass is 127. The topological polar surface area (TPSA) is 34.1 Å². The fourth-order valence-electron chi connectivity index (χ4n) is 1.53. The van der Waals surface area contributed by atoms with Crippen LogP contribution in [0, 0.1) is 3.57 Å². The summed E-state index contributed by atoms with van der Waals surface area (Å²) in [6.07, 6.45) is 6.62. The Bertz CT molecular complexity index is 308. The maximum Gasteiger partial charge on any atom is 0.213 e. The number of nitrogens with one attached hydrogen (secondary N) is 1. The lowest BCUT2D eigenvalue weighted by Gasteiger charge is -2.05. The first-order chi connectivity index (χ1) is 8.83. The van der Waals surface area contributed by atoms with Crippen LogP contribution in [0.1, 0.15) is 25.7 Å². The van der Waals surface area contributed by atoms with Crippen molar-refractivity contribution in [3.05, 3.63) is 21.9 Å². The molecule has 1 aromatic rings. The van der Waals surface area contributed by atoms with Gasteiger partial charge in [-0.2, -0.15) is 12.6 Å². The van der Waals surface area contributed by atoms with Crippen molar-refractivity contribution in [1.82, 2.24) is 10.3 Å². The van der Waals surface area contributed by atoms with E-state index in [0.717, 1.165) is 41.3 Å². The molecule has 1 heterocycles. The fourth-order valence-corrected chi connectivity index (χ4v) is 2.01. The first-order valence-corrected chi connectivity index (χ1v) is 8.10. The molecular formula is C13H21IN2OS. The summed E-state index contributed by atoms with van der Waals surface area (Å²) in [5, 5.41) is 3.34. The molecule has 0 radical (unpaired) electrons. The van der Waals surface area contributed by atoms with E-state index in [2.05, 4.69) is 45.5 Å². The van der Waals surface area contributed by atoms with Crippen LogP contribution in [0.4, 0.5) is 0 Å². The molecule has 0 aliphatic rings. The van der Waals surface area contributed by atoms with Crippen LogP contribution >= 0.6 is 35.2 Å². The van der Waals surface area contributed by atoms with Crippen molar-refractivity contribution in [2.24, 2.45) is 0 Å². The molecule has 1 rings (SSSR count). The number of ether oxygens (including phenoxy) is 1. The summed E-state index contributed by atoms with van der Waals surface area (Å²) in [7, 11) is 0. The number of thiol groups is 1. The third-order valence-corrected chi connectivity index (χ3v) is 3.35. The highest BCUT2D eigenvalue weighted by Crippen LogP contribution is 2.10. The van der Waals surface area contributed by atoms with Crippen molar-refractivity contribution in [1.29, 1.82) is 0 Å². The number of unbranched alkanes of at least 4 members (excludes halogenated alkanes) is 3. The highest BCUT2D eigenvalue weighted by molar-refractivity contribution is 14.1. The van der Waals surface area contributed by atoms with Crippen molar-refractivity contribution >= 4 is 35.2 Å². The van der Waals surface area contributed by atoms with Crippen molar-refractivity contribution in [2.45, 2.75) is 25.7 Å². The minimum absolute atomic E-state index is 0.728. The molecule has 102 valence electrons. The van der Waals surface area contributed by atoms with Crippen LogP contribution < -0.4 is 10.1 Å². The minimum atomic E-state index is 0.728. The standard InChI is InChI=1S/C13H21IN2OS/c14-12-5-6-13(16-11-12)17-9-4-2-1-3-7-15-8-10-18/h5-6,11,15,18H,1-4,7-10H2. The van der Waals surface area contributed by atoms with Crippen LogP contribution in [-0.4, -0.2) is 30.4 Å². The zero-order valence-corrected chi connectivity index (χ0v) is 13.6. The average molecular weight is 380 g/mol. The van der Waals surface area contributed by atoms with E-state index in [9.17, 15) is 0 Å². The van der Waals surface area contributed by atoms with Crippen LogP contribution in [0.25, 0.3) is 0 Å². The van der Waals surface area contributed by atoms with Crippen LogP contribution in [0.15, 0.2) is 18.3 Å². The number of halogens is 1. The van der Waals surface area contributed by atoms with Gasteiger partial charge in [-0.15, -0.1) is 0 Å². The molecule has 18 heavy (non-hydrogen) atoms. The van der Waals surface area contributed by atoms with E-state index in [1.807, 2.05) is 18.3 Å². The third kappa shape index (κ3) is 8.16. The van der Waals surface area contributed by atoms with Gasteiger partial charge in [0.1, 0.15) is 0 Å². The summed E-state index contributed by atoms with van der Waals surface area (Å²) in [4.78, 5) is 4.20. The Kier molecular flexibility index (Phi) is 9.69. The van der Waals surface area contributed by atoms with Gasteiger partial charge in [-0.3, -0.25) is 0 Å². The number of hydrogen-bond acceptors (Lipinski definition) is 4. The van der Waals surface area contributed by atoms with Gasteiger partial charge in [-0.25, -0.2) is 4.98 Å². The van der Waals surface area contributed by atoms with Gasteiger partial charge in [0.2, 0.25) is 5.88 Å². The normalized spacial score (nSPS) is 10.6. The quantitative estimate of drug-likeness (QED) is 0.372. The van der Waals surface area contributed by atoms with Gasteiger partial charge in [0.05, 0.1) is 6.61 Å². The Morgan fingerprint density at radius 3 is 2.72 bits per heavy atom. The molecule has 5 heteroatoms. The smallest absolute Gasteiger partial charge is 0.213 e. The minimum Gasteiger partial charge on any atom is -0.478 e. The van der Waals surface area contributed by atoms with Gasteiger partial charge in [0, 0.05) is 28.1 Å². The van der Waals surface area contributed by atoms with Gasteiger partial charge >= 0.3 is 0 Å². The van der Waals surface area contributed by atoms with Crippen LogP contribution in [0.3, 0.4) is 0 Å². The number of nitrogens with zero attached hydrogens (tertiary/aromatic N) is 1. The Morgan fingerprint density at radius 2 is 2.00 bits per heavy atom. The second-order valence-electron chi connectivity index (χ2n) is 4.05. The maximum atomic E-state index is 5.57. The van der Waals surface area contributed by atoms with Gasteiger partial charge in [-0.05, 0) is 48.0 Å². The second-order valence-corrected chi connectivity index (χ2v) is 5.74. The lowest BCUT2D eigenvalue weighted by molar-refractivity contribution is 0.293. The molecule has 0 amide bonds. The first-order valence-electron chi connectivity index (χ1n) is 6.39. The zero-order chi connectivity index (χ0) is 13.1. The number of rotatable bonds is 10. The molecule has 0 saturated heterocycles. The largest absolute Gasteiger partial charge is 0.478 e. The van der Waals surface area contributed by atoms with E-state index in [1.165, 1.54) is 19.3 Å². The molecule has 0 aliphatic heterocycles. The maximum absolute atomic E-state index is 5.57. The van der Waals surface area contributed by atoms with E-state index in [0.29, 0.717) is 0 Å². The molecule has 0 unspecified atom stereocenters. The van der Waals surface area contributed by atoms with E-state index >= 15 is 0 Å². The molecule has 0 bridgehead atoms. The molecule has 1 aromatic heterocycles. The molecule has 0 aliphatic carbocycles. The first kappa shape index (κ1) is 16.0. The van der Waals surface area contributed by atoms with Gasteiger partial charge in [0.25, 0.3) is 0 Å². The van der Waals surface area contributed by atoms with E-state index in [-0.39, 0.29) is 0 Å². The van der Waals surface area contributed by atoms with Crippen molar-refractivity contribution in [3.8, 4) is 5.88 Å². The monoisotopic (exact) mass is 380 g/mol. The second kappa shape index (κ2) is 10.9. The van der Waals surface area contributed by atoms with Crippen molar-refractivity contribution < 1.29 is 4.74 Å². The summed E-state index contributed by atoms with van der Waals surface area (Å²) in [6.45, 7) is 2.86.